The Morgan fingerprint density at radius 2 is 1.94 bits per heavy atom. The van der Waals surface area contributed by atoms with Crippen LogP contribution in [0.2, 0.25) is 0 Å². The van der Waals surface area contributed by atoms with Gasteiger partial charge in [0.25, 0.3) is 15.6 Å². The molecule has 13 heteroatoms. The number of aryl methyl sites for hydroxylation is 2. The van der Waals surface area contributed by atoms with Gasteiger partial charge in [0.15, 0.2) is 11.2 Å². The number of amidine groups is 1. The molecule has 0 bridgehead atoms. The van der Waals surface area contributed by atoms with Gasteiger partial charge in [0.05, 0.1) is 4.90 Å². The third-order valence-electron chi connectivity index (χ3n) is 5.41. The summed E-state index contributed by atoms with van der Waals surface area (Å²) in [7, 11) is -3.71. The number of unbranched alkanes of at least 4 members (excludes halogenated alkanes) is 1. The molecule has 0 saturated heterocycles. The Hall–Kier alpha value is -3.74. The molecule has 180 valence electrons. The number of imidazole rings is 1. The van der Waals surface area contributed by atoms with Crippen LogP contribution in [0.25, 0.3) is 11.2 Å². The molecule has 2 N–H and O–H groups in total. The number of ether oxygens (including phenoxy) is 1. The van der Waals surface area contributed by atoms with Crippen LogP contribution in [0, 0.1) is 0 Å². The summed E-state index contributed by atoms with van der Waals surface area (Å²) in [6, 6.07) is 6.32. The smallest absolute Gasteiger partial charge is 0.330 e. The molecule has 0 aliphatic carbocycles. The van der Waals surface area contributed by atoms with Crippen LogP contribution in [0.5, 0.6) is 0 Å². The lowest BCUT2D eigenvalue weighted by Crippen LogP contribution is -2.31. The van der Waals surface area contributed by atoms with E-state index in [0.29, 0.717) is 24.5 Å². The van der Waals surface area contributed by atoms with Gasteiger partial charge < -0.3 is 9.30 Å². The van der Waals surface area contributed by atoms with Gasteiger partial charge in [-0.05, 0) is 25.5 Å². The number of nitrogens with zero attached hydrogens (tertiary/aromatic N) is 4. The predicted molar refractivity (Wildman–Crippen MR) is 123 cm³/mol. The van der Waals surface area contributed by atoms with E-state index in [9.17, 15) is 22.8 Å². The van der Waals surface area contributed by atoms with Crippen LogP contribution in [0.3, 0.4) is 0 Å². The number of sulfonamides is 1. The maximum absolute atomic E-state index is 12.4. The minimum atomic E-state index is -3.71. The van der Waals surface area contributed by atoms with E-state index >= 15 is 0 Å². The molecule has 0 atom stereocenters. The third kappa shape index (κ3) is 4.25. The second-order valence-corrected chi connectivity index (χ2v) is 9.29. The average Bonchev–Trinajstić information content (AvgIpc) is 3.31. The van der Waals surface area contributed by atoms with Crippen LogP contribution in [0.15, 0.2) is 43.7 Å². The standard InChI is InChI=1S/C21H24N6O6S/c1-3-5-10-27-19-17(20(29)24-21(27)30)26(4-2)15(23-19)12-33-16(28)11-22-18-13-8-6-7-9-14(13)34(31,32)25-18/h6-9H,3-5,10-12H2,1-2H3,(H,22,25)(H,24,29,30). The number of nitrogens with one attached hydrogen (secondary N) is 2. The highest BCUT2D eigenvalue weighted by molar-refractivity contribution is 7.90. The first-order valence-electron chi connectivity index (χ1n) is 10.8. The third-order valence-corrected chi connectivity index (χ3v) is 6.80. The average molecular weight is 489 g/mol. The first-order valence-corrected chi connectivity index (χ1v) is 12.3. The van der Waals surface area contributed by atoms with E-state index in [1.807, 2.05) is 13.8 Å². The SMILES string of the molecule is CCCCn1c(=O)[nH]c(=O)c2c1nc(COC(=O)CN=C1NS(=O)(=O)c3ccccc31)n2CC. The number of esters is 1. The second kappa shape index (κ2) is 9.25. The first-order chi connectivity index (χ1) is 16.3. The fourth-order valence-electron chi connectivity index (χ4n) is 3.78. The summed E-state index contributed by atoms with van der Waals surface area (Å²) in [6.45, 7) is 3.91. The lowest BCUT2D eigenvalue weighted by atomic mass is 10.2. The van der Waals surface area contributed by atoms with E-state index in [4.69, 9.17) is 4.74 Å². The van der Waals surface area contributed by atoms with Gasteiger partial charge in [-0.25, -0.2) is 18.2 Å². The molecule has 1 aliphatic rings. The van der Waals surface area contributed by atoms with Crippen molar-refractivity contribution in [1.29, 1.82) is 0 Å². The van der Waals surface area contributed by atoms with Crippen molar-refractivity contribution in [1.82, 2.24) is 23.8 Å². The second-order valence-electron chi connectivity index (χ2n) is 7.64. The Bertz CT molecular complexity index is 1510. The number of aliphatic imine (C=N–C) groups is 1. The summed E-state index contributed by atoms with van der Waals surface area (Å²) in [6.07, 6.45) is 1.59. The Labute approximate surface area is 194 Å². The molecule has 2 aromatic heterocycles. The molecule has 0 radical (unpaired) electrons. The van der Waals surface area contributed by atoms with Crippen molar-refractivity contribution in [3.63, 3.8) is 0 Å². The van der Waals surface area contributed by atoms with Gasteiger partial charge in [-0.15, -0.1) is 0 Å². The molecule has 1 aliphatic heterocycles. The lowest BCUT2D eigenvalue weighted by molar-refractivity contribution is -0.143. The number of H-pyrrole nitrogens is 1. The van der Waals surface area contributed by atoms with Gasteiger partial charge in [-0.1, -0.05) is 25.5 Å². The number of hydrogen-bond acceptors (Lipinski definition) is 8. The van der Waals surface area contributed by atoms with Gasteiger partial charge in [-0.2, -0.15) is 0 Å². The normalized spacial score (nSPS) is 15.4. The van der Waals surface area contributed by atoms with E-state index in [-0.39, 0.29) is 28.5 Å². The van der Waals surface area contributed by atoms with Crippen molar-refractivity contribution in [2.75, 3.05) is 6.54 Å². The number of aromatic nitrogens is 4. The molecule has 0 amide bonds. The van der Waals surface area contributed by atoms with Crippen molar-refractivity contribution < 1.29 is 17.9 Å². The summed E-state index contributed by atoms with van der Waals surface area (Å²) in [5.41, 5.74) is -0.232. The Morgan fingerprint density at radius 3 is 2.68 bits per heavy atom. The summed E-state index contributed by atoms with van der Waals surface area (Å²) < 4.78 is 34.9. The van der Waals surface area contributed by atoms with Crippen molar-refractivity contribution >= 4 is 33.0 Å². The van der Waals surface area contributed by atoms with Gasteiger partial charge in [0.1, 0.15) is 24.8 Å². The van der Waals surface area contributed by atoms with Gasteiger partial charge in [0, 0.05) is 18.7 Å². The molecule has 4 rings (SSSR count). The van der Waals surface area contributed by atoms with Crippen molar-refractivity contribution in [3.8, 4) is 0 Å². The highest BCUT2D eigenvalue weighted by Crippen LogP contribution is 2.22. The monoisotopic (exact) mass is 488 g/mol. The lowest BCUT2D eigenvalue weighted by Gasteiger charge is -2.07. The minimum absolute atomic E-state index is 0.0693. The molecule has 12 nitrogen and oxygen atoms in total. The summed E-state index contributed by atoms with van der Waals surface area (Å²) in [5, 5.41) is 0. The number of hydrogen-bond donors (Lipinski definition) is 2. The molecule has 0 spiro atoms. The summed E-state index contributed by atoms with van der Waals surface area (Å²) in [5.74, 6) is -0.324. The Kier molecular flexibility index (Phi) is 6.37. The number of rotatable bonds is 8. The van der Waals surface area contributed by atoms with E-state index in [2.05, 4.69) is 19.7 Å². The van der Waals surface area contributed by atoms with Gasteiger partial charge in [0.2, 0.25) is 0 Å². The zero-order chi connectivity index (χ0) is 24.5. The fourth-order valence-corrected chi connectivity index (χ4v) is 5.03. The van der Waals surface area contributed by atoms with E-state index < -0.39 is 33.8 Å². The maximum atomic E-state index is 12.4. The topological polar surface area (TPSA) is 158 Å². The maximum Gasteiger partial charge on any atom is 0.330 e. The number of benzene rings is 1. The van der Waals surface area contributed by atoms with Crippen LogP contribution in [0.1, 0.15) is 38.1 Å². The molecule has 0 fully saturated rings. The van der Waals surface area contributed by atoms with Crippen LogP contribution in [0.4, 0.5) is 0 Å². The number of carbonyl (C=O) groups is 1. The molecule has 3 heterocycles. The van der Waals surface area contributed by atoms with Gasteiger partial charge in [-0.3, -0.25) is 28.9 Å². The predicted octanol–water partition coefficient (Wildman–Crippen LogP) is 0.488. The summed E-state index contributed by atoms with van der Waals surface area (Å²) >= 11 is 0. The van der Waals surface area contributed by atoms with E-state index in [0.717, 1.165) is 12.8 Å². The molecule has 0 unspecified atom stereocenters. The number of fused-ring (bicyclic) bond motifs is 2. The van der Waals surface area contributed by atoms with E-state index in [1.165, 1.54) is 10.6 Å². The molecule has 1 aromatic carbocycles. The van der Waals surface area contributed by atoms with Crippen LogP contribution in [-0.4, -0.2) is 45.9 Å². The molecule has 3 aromatic rings. The molecular weight excluding hydrogens is 464 g/mol. The first kappa shape index (κ1) is 23.4. The molecule has 34 heavy (non-hydrogen) atoms. The number of aromatic amines is 1. The largest absolute Gasteiger partial charge is 0.456 e. The highest BCUT2D eigenvalue weighted by Gasteiger charge is 2.30. The molecule has 0 saturated carbocycles. The highest BCUT2D eigenvalue weighted by atomic mass is 32.2. The van der Waals surface area contributed by atoms with Crippen LogP contribution in [-0.2, 0) is 39.3 Å². The Balaban J connectivity index is 1.54. The van der Waals surface area contributed by atoms with Crippen molar-refractivity contribution in [2.24, 2.45) is 4.99 Å². The number of carbonyl (C=O) groups excluding carboxylic acids is 1. The van der Waals surface area contributed by atoms with Crippen LogP contribution < -0.4 is 16.0 Å². The fraction of sp³-hybridized carbons (Fsp3) is 0.381. The van der Waals surface area contributed by atoms with Crippen LogP contribution >= 0.6 is 0 Å². The van der Waals surface area contributed by atoms with E-state index in [1.54, 1.807) is 22.8 Å². The quantitative estimate of drug-likeness (QED) is 0.437. The van der Waals surface area contributed by atoms with Crippen molar-refractivity contribution in [3.05, 3.63) is 56.5 Å². The zero-order valence-electron chi connectivity index (χ0n) is 18.7. The zero-order valence-corrected chi connectivity index (χ0v) is 19.5. The summed E-state index contributed by atoms with van der Waals surface area (Å²) in [4.78, 5) is 47.9. The van der Waals surface area contributed by atoms with Gasteiger partial charge >= 0.3 is 11.7 Å². The minimum Gasteiger partial charge on any atom is -0.456 e. The molecular formula is C21H24N6O6S. The van der Waals surface area contributed by atoms with Crippen molar-refractivity contribution in [2.45, 2.75) is 51.3 Å². The Morgan fingerprint density at radius 1 is 1.18 bits per heavy atom.